The molecule has 6 nitrogen and oxygen atoms in total. The summed E-state index contributed by atoms with van der Waals surface area (Å²) in [7, 11) is 1.57. The molecule has 0 aliphatic heterocycles. The summed E-state index contributed by atoms with van der Waals surface area (Å²) in [5, 5.41) is 12.4. The lowest BCUT2D eigenvalue weighted by Crippen LogP contribution is -2.44. The molecule has 2 N–H and O–H groups in total. The van der Waals surface area contributed by atoms with Gasteiger partial charge in [-0.3, -0.25) is 4.79 Å². The number of amides is 1. The third-order valence-corrected chi connectivity index (χ3v) is 3.46. The van der Waals surface area contributed by atoms with Gasteiger partial charge in [-0.05, 0) is 18.1 Å². The summed E-state index contributed by atoms with van der Waals surface area (Å²) in [4.78, 5) is 23.2. The van der Waals surface area contributed by atoms with Crippen molar-refractivity contribution in [2.75, 3.05) is 7.11 Å². The zero-order valence-corrected chi connectivity index (χ0v) is 12.8. The fourth-order valence-corrected chi connectivity index (χ4v) is 2.24. The number of carboxylic acids is 1. The summed E-state index contributed by atoms with van der Waals surface area (Å²) in [6.07, 6.45) is 1.57. The SMILES string of the molecule is COc1ccc2c(CC(=O)NC(C(=O)O)C(C)C)coc2c1. The highest BCUT2D eigenvalue weighted by atomic mass is 16.5. The van der Waals surface area contributed by atoms with E-state index in [1.807, 2.05) is 6.07 Å². The van der Waals surface area contributed by atoms with Gasteiger partial charge in [0.15, 0.2) is 0 Å². The average Bonchev–Trinajstić information content (AvgIpc) is 2.86. The molecule has 1 heterocycles. The fourth-order valence-electron chi connectivity index (χ4n) is 2.24. The van der Waals surface area contributed by atoms with Crippen LogP contribution in [0, 0.1) is 5.92 Å². The summed E-state index contributed by atoms with van der Waals surface area (Å²) in [6, 6.07) is 4.45. The quantitative estimate of drug-likeness (QED) is 0.854. The van der Waals surface area contributed by atoms with E-state index in [2.05, 4.69) is 5.32 Å². The largest absolute Gasteiger partial charge is 0.497 e. The van der Waals surface area contributed by atoms with Crippen molar-refractivity contribution in [3.63, 3.8) is 0 Å². The molecular formula is C16H19NO5. The molecule has 118 valence electrons. The Morgan fingerprint density at radius 1 is 1.36 bits per heavy atom. The van der Waals surface area contributed by atoms with Crippen LogP contribution >= 0.6 is 0 Å². The Balaban J connectivity index is 2.13. The first-order chi connectivity index (χ1) is 10.4. The highest BCUT2D eigenvalue weighted by Crippen LogP contribution is 2.25. The number of benzene rings is 1. The van der Waals surface area contributed by atoms with Gasteiger partial charge in [0, 0.05) is 17.0 Å². The number of carbonyl (C=O) groups excluding carboxylic acids is 1. The van der Waals surface area contributed by atoms with Crippen LogP contribution in [-0.4, -0.2) is 30.1 Å². The normalized spacial score (nSPS) is 12.4. The lowest BCUT2D eigenvalue weighted by Gasteiger charge is -2.17. The number of aliphatic carboxylic acids is 1. The van der Waals surface area contributed by atoms with E-state index >= 15 is 0 Å². The number of methoxy groups -OCH3 is 1. The molecule has 6 heteroatoms. The summed E-state index contributed by atoms with van der Waals surface area (Å²) >= 11 is 0. The lowest BCUT2D eigenvalue weighted by atomic mass is 10.0. The summed E-state index contributed by atoms with van der Waals surface area (Å²) in [5.74, 6) is -0.903. The molecule has 2 rings (SSSR count). The minimum absolute atomic E-state index is 0.0653. The summed E-state index contributed by atoms with van der Waals surface area (Å²) in [6.45, 7) is 3.50. The second-order valence-corrected chi connectivity index (χ2v) is 5.43. The first-order valence-electron chi connectivity index (χ1n) is 6.98. The van der Waals surface area contributed by atoms with Crippen LogP contribution < -0.4 is 10.1 Å². The molecular weight excluding hydrogens is 286 g/mol. The molecule has 1 aromatic carbocycles. The summed E-state index contributed by atoms with van der Waals surface area (Å²) < 4.78 is 10.5. The maximum Gasteiger partial charge on any atom is 0.326 e. The second-order valence-electron chi connectivity index (χ2n) is 5.43. The highest BCUT2D eigenvalue weighted by molar-refractivity contribution is 5.90. The molecule has 1 aromatic heterocycles. The number of hydrogen-bond donors (Lipinski definition) is 2. The number of nitrogens with one attached hydrogen (secondary N) is 1. The molecule has 0 aliphatic rings. The van der Waals surface area contributed by atoms with Crippen LogP contribution in [0.5, 0.6) is 5.75 Å². The molecule has 1 atom stereocenters. The van der Waals surface area contributed by atoms with Gasteiger partial charge in [0.1, 0.15) is 17.4 Å². The number of fused-ring (bicyclic) bond motifs is 1. The average molecular weight is 305 g/mol. The van der Waals surface area contributed by atoms with Crippen molar-refractivity contribution >= 4 is 22.8 Å². The Hall–Kier alpha value is -2.50. The Morgan fingerprint density at radius 2 is 2.09 bits per heavy atom. The van der Waals surface area contributed by atoms with Crippen molar-refractivity contribution in [1.82, 2.24) is 5.32 Å². The number of carbonyl (C=O) groups is 2. The highest BCUT2D eigenvalue weighted by Gasteiger charge is 2.23. The number of hydrogen-bond acceptors (Lipinski definition) is 4. The topological polar surface area (TPSA) is 88.8 Å². The van der Waals surface area contributed by atoms with Crippen molar-refractivity contribution in [1.29, 1.82) is 0 Å². The minimum atomic E-state index is -1.04. The van der Waals surface area contributed by atoms with E-state index < -0.39 is 12.0 Å². The molecule has 0 saturated carbocycles. The van der Waals surface area contributed by atoms with Gasteiger partial charge < -0.3 is 19.6 Å². The molecule has 0 fully saturated rings. The molecule has 0 radical (unpaired) electrons. The van der Waals surface area contributed by atoms with Crippen molar-refractivity contribution in [3.8, 4) is 5.75 Å². The van der Waals surface area contributed by atoms with E-state index in [1.54, 1.807) is 33.1 Å². The van der Waals surface area contributed by atoms with Crippen LogP contribution in [0.3, 0.4) is 0 Å². The zero-order chi connectivity index (χ0) is 16.3. The van der Waals surface area contributed by atoms with Crippen molar-refractivity contribution < 1.29 is 23.8 Å². The second kappa shape index (κ2) is 6.51. The molecule has 0 spiro atoms. The molecule has 0 aliphatic carbocycles. The van der Waals surface area contributed by atoms with Gasteiger partial charge in [0.25, 0.3) is 0 Å². The van der Waals surface area contributed by atoms with Crippen molar-refractivity contribution in [2.45, 2.75) is 26.3 Å². The standard InChI is InChI=1S/C16H19NO5/c1-9(2)15(16(19)20)17-14(18)6-10-8-22-13-7-11(21-3)4-5-12(10)13/h4-5,7-9,15H,6H2,1-3H3,(H,17,18)(H,19,20). The van der Waals surface area contributed by atoms with Crippen molar-refractivity contribution in [3.05, 3.63) is 30.0 Å². The maximum absolute atomic E-state index is 12.1. The van der Waals surface area contributed by atoms with E-state index in [-0.39, 0.29) is 18.2 Å². The first kappa shape index (κ1) is 15.9. The van der Waals surface area contributed by atoms with Gasteiger partial charge in [-0.2, -0.15) is 0 Å². The Morgan fingerprint density at radius 3 is 2.68 bits per heavy atom. The lowest BCUT2D eigenvalue weighted by molar-refractivity contribution is -0.143. The van der Waals surface area contributed by atoms with Crippen LogP contribution in [0.25, 0.3) is 11.0 Å². The predicted octanol–water partition coefficient (Wildman–Crippen LogP) is 2.21. The summed E-state index contributed by atoms with van der Waals surface area (Å²) in [5.41, 5.74) is 1.34. The Kier molecular flexibility index (Phi) is 4.70. The first-order valence-corrected chi connectivity index (χ1v) is 6.98. The van der Waals surface area contributed by atoms with Crippen LogP contribution in [-0.2, 0) is 16.0 Å². The van der Waals surface area contributed by atoms with Crippen LogP contribution in [0.2, 0.25) is 0 Å². The molecule has 2 aromatic rings. The molecule has 1 unspecified atom stereocenters. The number of carboxylic acid groups (broad SMARTS) is 1. The molecule has 1 amide bonds. The Labute approximate surface area is 128 Å². The fraction of sp³-hybridized carbons (Fsp3) is 0.375. The van der Waals surface area contributed by atoms with Gasteiger partial charge >= 0.3 is 5.97 Å². The predicted molar refractivity (Wildman–Crippen MR) is 80.9 cm³/mol. The van der Waals surface area contributed by atoms with Crippen LogP contribution in [0.1, 0.15) is 19.4 Å². The monoisotopic (exact) mass is 305 g/mol. The molecule has 0 saturated heterocycles. The number of furan rings is 1. The van der Waals surface area contributed by atoms with E-state index in [0.717, 1.165) is 5.39 Å². The van der Waals surface area contributed by atoms with E-state index in [0.29, 0.717) is 16.9 Å². The number of ether oxygens (including phenoxy) is 1. The third-order valence-electron chi connectivity index (χ3n) is 3.46. The van der Waals surface area contributed by atoms with Crippen molar-refractivity contribution in [2.24, 2.45) is 5.92 Å². The van der Waals surface area contributed by atoms with Crippen LogP contribution in [0.4, 0.5) is 0 Å². The molecule has 22 heavy (non-hydrogen) atoms. The van der Waals surface area contributed by atoms with E-state index in [1.165, 1.54) is 6.26 Å². The zero-order valence-electron chi connectivity index (χ0n) is 12.8. The maximum atomic E-state index is 12.1. The van der Waals surface area contributed by atoms with Crippen LogP contribution in [0.15, 0.2) is 28.9 Å². The number of rotatable bonds is 6. The Bertz CT molecular complexity index is 689. The van der Waals surface area contributed by atoms with Gasteiger partial charge in [-0.25, -0.2) is 4.79 Å². The van der Waals surface area contributed by atoms with Gasteiger partial charge in [-0.1, -0.05) is 13.8 Å². The van der Waals surface area contributed by atoms with Gasteiger partial charge in [-0.15, -0.1) is 0 Å². The van der Waals surface area contributed by atoms with E-state index in [4.69, 9.17) is 14.3 Å². The van der Waals surface area contributed by atoms with E-state index in [9.17, 15) is 9.59 Å². The third kappa shape index (κ3) is 3.39. The minimum Gasteiger partial charge on any atom is -0.497 e. The van der Waals surface area contributed by atoms with Gasteiger partial charge in [0.2, 0.25) is 5.91 Å². The van der Waals surface area contributed by atoms with Gasteiger partial charge in [0.05, 0.1) is 19.8 Å². The molecule has 0 bridgehead atoms. The smallest absolute Gasteiger partial charge is 0.326 e.